The molecule has 2 aromatic carbocycles. The Morgan fingerprint density at radius 3 is 2.38 bits per heavy atom. The second-order valence-electron chi connectivity index (χ2n) is 3.54. The Morgan fingerprint density at radius 2 is 1.69 bits per heavy atom. The van der Waals surface area contributed by atoms with E-state index < -0.39 is 0 Å². The van der Waals surface area contributed by atoms with E-state index in [9.17, 15) is 5.11 Å². The first-order valence-corrected chi connectivity index (χ1v) is 5.05. The molecule has 2 aromatic rings. The van der Waals surface area contributed by atoms with Crippen LogP contribution in [0.2, 0.25) is 0 Å². The summed E-state index contributed by atoms with van der Waals surface area (Å²) >= 11 is 0. The Balaban J connectivity index is 2.05. The summed E-state index contributed by atoms with van der Waals surface area (Å²) in [5, 5.41) is 21.8. The van der Waals surface area contributed by atoms with Crippen LogP contribution in [0.25, 0.3) is 0 Å². The van der Waals surface area contributed by atoms with Gasteiger partial charge in [0.25, 0.3) is 0 Å². The van der Waals surface area contributed by atoms with Crippen LogP contribution in [0.4, 0.5) is 5.69 Å². The third kappa shape index (κ3) is 2.45. The van der Waals surface area contributed by atoms with Gasteiger partial charge >= 0.3 is 0 Å². The Morgan fingerprint density at radius 1 is 0.938 bits per heavy atom. The van der Waals surface area contributed by atoms with Gasteiger partial charge in [-0.3, -0.25) is 0 Å². The fourth-order valence-corrected chi connectivity index (χ4v) is 1.46. The van der Waals surface area contributed by atoms with Gasteiger partial charge in [0.15, 0.2) is 0 Å². The minimum absolute atomic E-state index is 0.0518. The van der Waals surface area contributed by atoms with E-state index in [2.05, 4.69) is 5.32 Å². The van der Waals surface area contributed by atoms with Crippen LogP contribution < -0.4 is 5.32 Å². The first-order valence-electron chi connectivity index (χ1n) is 5.05. The van der Waals surface area contributed by atoms with Crippen LogP contribution in [0.3, 0.4) is 0 Å². The summed E-state index contributed by atoms with van der Waals surface area (Å²) in [5.74, 6) is 0.110. The van der Waals surface area contributed by atoms with Crippen molar-refractivity contribution in [3.8, 4) is 11.5 Å². The van der Waals surface area contributed by atoms with E-state index >= 15 is 0 Å². The maximum Gasteiger partial charge on any atom is 0.142 e. The van der Waals surface area contributed by atoms with Crippen LogP contribution in [0.15, 0.2) is 48.5 Å². The second kappa shape index (κ2) is 4.57. The summed E-state index contributed by atoms with van der Waals surface area (Å²) in [4.78, 5) is 0. The highest BCUT2D eigenvalue weighted by Crippen LogP contribution is 2.27. The molecule has 82 valence electrons. The van der Waals surface area contributed by atoms with Gasteiger partial charge in [-0.05, 0) is 17.7 Å². The molecule has 0 amide bonds. The molecule has 0 aliphatic carbocycles. The van der Waals surface area contributed by atoms with E-state index in [0.29, 0.717) is 12.2 Å². The third-order valence-electron chi connectivity index (χ3n) is 2.31. The molecule has 0 aliphatic rings. The van der Waals surface area contributed by atoms with Crippen molar-refractivity contribution in [3.05, 3.63) is 54.1 Å². The highest BCUT2D eigenvalue weighted by molar-refractivity contribution is 5.58. The van der Waals surface area contributed by atoms with Gasteiger partial charge < -0.3 is 15.5 Å². The van der Waals surface area contributed by atoms with Crippen molar-refractivity contribution < 1.29 is 10.2 Å². The number of aromatic hydroxyl groups is 2. The average Bonchev–Trinajstić information content (AvgIpc) is 2.29. The molecule has 0 unspecified atom stereocenters. The molecular weight excluding hydrogens is 202 g/mol. The van der Waals surface area contributed by atoms with Crippen molar-refractivity contribution in [3.63, 3.8) is 0 Å². The van der Waals surface area contributed by atoms with Crippen molar-refractivity contribution >= 4 is 5.69 Å². The van der Waals surface area contributed by atoms with Crippen LogP contribution in [0, 0.1) is 0 Å². The van der Waals surface area contributed by atoms with Crippen molar-refractivity contribution in [1.82, 2.24) is 0 Å². The monoisotopic (exact) mass is 215 g/mol. The molecule has 0 fully saturated rings. The standard InChI is InChI=1S/C13H13NO2/c15-11-6-7-12(13(16)8-11)14-9-10-4-2-1-3-5-10/h1-8,14-16H,9H2. The van der Waals surface area contributed by atoms with E-state index in [0.717, 1.165) is 5.56 Å². The molecule has 0 aromatic heterocycles. The van der Waals surface area contributed by atoms with Crippen LogP contribution in [-0.2, 0) is 6.54 Å². The van der Waals surface area contributed by atoms with E-state index in [1.807, 2.05) is 30.3 Å². The van der Waals surface area contributed by atoms with Crippen LogP contribution in [0.1, 0.15) is 5.56 Å². The highest BCUT2D eigenvalue weighted by atomic mass is 16.3. The molecular formula is C13H13NO2. The lowest BCUT2D eigenvalue weighted by Crippen LogP contribution is -1.98. The summed E-state index contributed by atoms with van der Waals surface area (Å²) in [7, 11) is 0. The number of hydrogen-bond donors (Lipinski definition) is 3. The summed E-state index contributed by atoms with van der Waals surface area (Å²) in [6.45, 7) is 0.638. The van der Waals surface area contributed by atoms with E-state index in [1.165, 1.54) is 12.1 Å². The summed E-state index contributed by atoms with van der Waals surface area (Å²) in [6.07, 6.45) is 0. The molecule has 0 bridgehead atoms. The maximum absolute atomic E-state index is 9.55. The fraction of sp³-hybridized carbons (Fsp3) is 0.0769. The third-order valence-corrected chi connectivity index (χ3v) is 2.31. The van der Waals surface area contributed by atoms with Gasteiger partial charge in [0.05, 0.1) is 5.69 Å². The molecule has 0 atom stereocenters. The number of rotatable bonds is 3. The zero-order chi connectivity index (χ0) is 11.4. The van der Waals surface area contributed by atoms with Crippen molar-refractivity contribution in [2.45, 2.75) is 6.54 Å². The number of anilines is 1. The molecule has 3 nitrogen and oxygen atoms in total. The second-order valence-corrected chi connectivity index (χ2v) is 3.54. The maximum atomic E-state index is 9.55. The molecule has 16 heavy (non-hydrogen) atoms. The minimum atomic E-state index is 0.0518. The van der Waals surface area contributed by atoms with Crippen LogP contribution in [0.5, 0.6) is 11.5 Å². The van der Waals surface area contributed by atoms with Gasteiger partial charge in [0.1, 0.15) is 11.5 Å². The minimum Gasteiger partial charge on any atom is -0.508 e. The summed E-state index contributed by atoms with van der Waals surface area (Å²) in [6, 6.07) is 14.4. The molecule has 0 heterocycles. The van der Waals surface area contributed by atoms with Gasteiger partial charge in [-0.25, -0.2) is 0 Å². The number of phenols is 2. The SMILES string of the molecule is Oc1ccc(NCc2ccccc2)c(O)c1. The van der Waals surface area contributed by atoms with Gasteiger partial charge in [0, 0.05) is 12.6 Å². The molecule has 0 saturated carbocycles. The van der Waals surface area contributed by atoms with Crippen molar-refractivity contribution in [2.75, 3.05) is 5.32 Å². The predicted octanol–water partition coefficient (Wildman–Crippen LogP) is 2.71. The van der Waals surface area contributed by atoms with Gasteiger partial charge in [0.2, 0.25) is 0 Å². The van der Waals surface area contributed by atoms with E-state index in [1.54, 1.807) is 6.07 Å². The van der Waals surface area contributed by atoms with Gasteiger partial charge in [-0.15, -0.1) is 0 Å². The average molecular weight is 215 g/mol. The molecule has 3 N–H and O–H groups in total. The lowest BCUT2D eigenvalue weighted by atomic mass is 10.2. The molecule has 3 heteroatoms. The number of hydrogen-bond acceptors (Lipinski definition) is 3. The number of phenolic OH excluding ortho intramolecular Hbond substituents is 2. The van der Waals surface area contributed by atoms with Gasteiger partial charge in [-0.2, -0.15) is 0 Å². The van der Waals surface area contributed by atoms with E-state index in [4.69, 9.17) is 5.11 Å². The zero-order valence-corrected chi connectivity index (χ0v) is 8.72. The molecule has 0 aliphatic heterocycles. The largest absolute Gasteiger partial charge is 0.508 e. The van der Waals surface area contributed by atoms with Crippen molar-refractivity contribution in [1.29, 1.82) is 0 Å². The Kier molecular flexibility index (Phi) is 2.96. The molecule has 0 saturated heterocycles. The Hall–Kier alpha value is -2.16. The lowest BCUT2D eigenvalue weighted by molar-refractivity contribution is 0.452. The normalized spacial score (nSPS) is 10.0. The van der Waals surface area contributed by atoms with Crippen LogP contribution >= 0.6 is 0 Å². The predicted molar refractivity (Wildman–Crippen MR) is 63.5 cm³/mol. The number of nitrogens with one attached hydrogen (secondary N) is 1. The fourth-order valence-electron chi connectivity index (χ4n) is 1.46. The molecule has 0 spiro atoms. The summed E-state index contributed by atoms with van der Waals surface area (Å²) < 4.78 is 0. The van der Waals surface area contributed by atoms with Crippen molar-refractivity contribution in [2.24, 2.45) is 0 Å². The highest BCUT2D eigenvalue weighted by Gasteiger charge is 2.01. The summed E-state index contributed by atoms with van der Waals surface area (Å²) in [5.41, 5.74) is 1.75. The molecule has 2 rings (SSSR count). The first kappa shape index (κ1) is 10.4. The quantitative estimate of drug-likeness (QED) is 0.545. The topological polar surface area (TPSA) is 52.5 Å². The van der Waals surface area contributed by atoms with Gasteiger partial charge in [-0.1, -0.05) is 30.3 Å². The lowest BCUT2D eigenvalue weighted by Gasteiger charge is -2.08. The van der Waals surface area contributed by atoms with Crippen LogP contribution in [-0.4, -0.2) is 10.2 Å². The Labute approximate surface area is 94.0 Å². The smallest absolute Gasteiger partial charge is 0.142 e. The first-order chi connectivity index (χ1) is 7.75. The van der Waals surface area contributed by atoms with E-state index in [-0.39, 0.29) is 11.5 Å². The Bertz CT molecular complexity index is 469. The molecule has 0 radical (unpaired) electrons. The zero-order valence-electron chi connectivity index (χ0n) is 8.72. The number of benzene rings is 2.